The summed E-state index contributed by atoms with van der Waals surface area (Å²) in [6.45, 7) is 7.24. The van der Waals surface area contributed by atoms with Crippen molar-refractivity contribution < 1.29 is 9.82 Å². The summed E-state index contributed by atoms with van der Waals surface area (Å²) in [5.74, 6) is 0.531. The highest BCUT2D eigenvalue weighted by molar-refractivity contribution is 6.48. The zero-order chi connectivity index (χ0) is 19.8. The Labute approximate surface area is 163 Å². The number of nitrogens with zero attached hydrogens (tertiary/aromatic N) is 3. The third-order valence-electron chi connectivity index (χ3n) is 4.72. The van der Waals surface area contributed by atoms with E-state index in [1.165, 1.54) is 0 Å². The molecule has 8 heteroatoms. The van der Waals surface area contributed by atoms with Gasteiger partial charge in [0.25, 0.3) is 0 Å². The summed E-state index contributed by atoms with van der Waals surface area (Å²) >= 11 is 6.42. The first-order valence-electron chi connectivity index (χ1n) is 8.77. The fourth-order valence-corrected chi connectivity index (χ4v) is 3.04. The van der Waals surface area contributed by atoms with Crippen LogP contribution in [0.5, 0.6) is 0 Å². The van der Waals surface area contributed by atoms with Crippen molar-refractivity contribution in [3.05, 3.63) is 47.2 Å². The van der Waals surface area contributed by atoms with E-state index in [-0.39, 0.29) is 5.78 Å². The molecule has 0 saturated heterocycles. The highest BCUT2D eigenvalue weighted by Gasteiger charge is 2.25. The molecular weight excluding hydrogens is 363 g/mol. The standard InChI is InChI=1S/C19H22BClN4O2/c1-12(26)19(2,3)22-11-14-10-15-16(21)23-17(13-8-6-5-7-9-13)24-18(15)25(14)20(4)27/h5-10,22,27H,11H2,1-4H3. The third-order valence-corrected chi connectivity index (χ3v) is 5.01. The molecule has 0 aliphatic rings. The molecule has 140 valence electrons. The highest BCUT2D eigenvalue weighted by atomic mass is 35.5. The average molecular weight is 385 g/mol. The Bertz CT molecular complexity index is 986. The molecule has 0 fully saturated rings. The number of hydrogen-bond acceptors (Lipinski definition) is 5. The Balaban J connectivity index is 2.09. The summed E-state index contributed by atoms with van der Waals surface area (Å²) < 4.78 is 1.71. The summed E-state index contributed by atoms with van der Waals surface area (Å²) in [5.41, 5.74) is 1.50. The quantitative estimate of drug-likeness (QED) is 0.504. The van der Waals surface area contributed by atoms with Crippen LogP contribution in [0.25, 0.3) is 22.4 Å². The molecule has 0 unspecified atom stereocenters. The summed E-state index contributed by atoms with van der Waals surface area (Å²) in [6, 6.07) is 11.4. The van der Waals surface area contributed by atoms with Crippen LogP contribution in [-0.4, -0.2) is 37.8 Å². The Morgan fingerprint density at radius 2 is 1.96 bits per heavy atom. The zero-order valence-corrected chi connectivity index (χ0v) is 16.6. The maximum absolute atomic E-state index is 11.8. The number of aromatic nitrogens is 3. The second-order valence-electron chi connectivity index (χ2n) is 7.11. The lowest BCUT2D eigenvalue weighted by atomic mass is 9.87. The molecule has 0 bridgehead atoms. The van der Waals surface area contributed by atoms with E-state index in [0.29, 0.717) is 28.6 Å². The minimum Gasteiger partial charge on any atom is -0.432 e. The molecule has 1 aromatic carbocycles. The molecule has 3 aromatic rings. The van der Waals surface area contributed by atoms with Gasteiger partial charge < -0.3 is 9.50 Å². The van der Waals surface area contributed by atoms with Gasteiger partial charge in [-0.25, -0.2) is 9.97 Å². The number of Topliss-reactive ketones (excluding diaryl/α,β-unsaturated/α-hetero) is 1. The molecule has 2 aromatic heterocycles. The monoisotopic (exact) mass is 384 g/mol. The smallest absolute Gasteiger partial charge is 0.415 e. The number of hydrogen-bond donors (Lipinski definition) is 2. The largest absolute Gasteiger partial charge is 0.432 e. The van der Waals surface area contributed by atoms with Gasteiger partial charge in [-0.2, -0.15) is 0 Å². The first kappa shape index (κ1) is 19.5. The molecule has 0 aliphatic carbocycles. The second kappa shape index (κ2) is 7.42. The molecule has 2 heterocycles. The lowest BCUT2D eigenvalue weighted by molar-refractivity contribution is -0.122. The van der Waals surface area contributed by atoms with Crippen LogP contribution >= 0.6 is 11.6 Å². The highest BCUT2D eigenvalue weighted by Crippen LogP contribution is 2.28. The van der Waals surface area contributed by atoms with Crippen LogP contribution < -0.4 is 5.32 Å². The third kappa shape index (κ3) is 3.90. The molecule has 0 amide bonds. The molecule has 2 N–H and O–H groups in total. The lowest BCUT2D eigenvalue weighted by Gasteiger charge is -2.23. The number of fused-ring (bicyclic) bond motifs is 1. The second-order valence-corrected chi connectivity index (χ2v) is 7.47. The van der Waals surface area contributed by atoms with Gasteiger partial charge in [0.1, 0.15) is 16.6 Å². The molecular formula is C19H22BClN4O2. The summed E-state index contributed by atoms with van der Waals surface area (Å²) in [6.07, 6.45) is 0. The Kier molecular flexibility index (Phi) is 5.37. The van der Waals surface area contributed by atoms with Gasteiger partial charge in [0.2, 0.25) is 0 Å². The Hall–Kier alpha value is -2.22. The summed E-state index contributed by atoms with van der Waals surface area (Å²) in [4.78, 5) is 20.8. The van der Waals surface area contributed by atoms with E-state index in [9.17, 15) is 9.82 Å². The maximum atomic E-state index is 11.8. The molecule has 0 atom stereocenters. The van der Waals surface area contributed by atoms with Crippen molar-refractivity contribution in [3.63, 3.8) is 0 Å². The first-order chi connectivity index (χ1) is 12.7. The Morgan fingerprint density at radius 3 is 2.56 bits per heavy atom. The molecule has 6 nitrogen and oxygen atoms in total. The molecule has 27 heavy (non-hydrogen) atoms. The van der Waals surface area contributed by atoms with E-state index in [4.69, 9.17) is 11.6 Å². The van der Waals surface area contributed by atoms with Gasteiger partial charge in [0.15, 0.2) is 5.82 Å². The van der Waals surface area contributed by atoms with Crippen molar-refractivity contribution in [2.24, 2.45) is 0 Å². The van der Waals surface area contributed by atoms with E-state index in [0.717, 1.165) is 11.3 Å². The van der Waals surface area contributed by atoms with Crippen molar-refractivity contribution in [2.45, 2.75) is 39.7 Å². The number of carbonyl (C=O) groups excluding carboxylic acids is 1. The van der Waals surface area contributed by atoms with Gasteiger partial charge in [-0.3, -0.25) is 10.1 Å². The number of nitrogens with one attached hydrogen (secondary N) is 1. The van der Waals surface area contributed by atoms with Crippen molar-refractivity contribution in [2.75, 3.05) is 0 Å². The van der Waals surface area contributed by atoms with Crippen LogP contribution in [-0.2, 0) is 11.3 Å². The molecule has 0 radical (unpaired) electrons. The van der Waals surface area contributed by atoms with Crippen LogP contribution in [0.3, 0.4) is 0 Å². The van der Waals surface area contributed by atoms with Gasteiger partial charge in [0, 0.05) is 17.8 Å². The fourth-order valence-electron chi connectivity index (χ4n) is 2.82. The van der Waals surface area contributed by atoms with E-state index in [1.54, 1.807) is 18.2 Å². The average Bonchev–Trinajstić information content (AvgIpc) is 3.00. The van der Waals surface area contributed by atoms with E-state index < -0.39 is 12.6 Å². The van der Waals surface area contributed by atoms with E-state index >= 15 is 0 Å². The summed E-state index contributed by atoms with van der Waals surface area (Å²) in [5, 5.41) is 14.6. The van der Waals surface area contributed by atoms with Crippen LogP contribution in [0.15, 0.2) is 36.4 Å². The van der Waals surface area contributed by atoms with Crippen molar-refractivity contribution in [1.82, 2.24) is 19.8 Å². The molecule has 0 aliphatic heterocycles. The molecule has 0 saturated carbocycles. The molecule has 0 spiro atoms. The maximum Gasteiger partial charge on any atom is 0.415 e. The number of benzene rings is 1. The zero-order valence-electron chi connectivity index (χ0n) is 15.8. The van der Waals surface area contributed by atoms with Gasteiger partial charge in [0.05, 0.1) is 10.9 Å². The Morgan fingerprint density at radius 1 is 1.30 bits per heavy atom. The normalized spacial score (nSPS) is 11.8. The van der Waals surface area contributed by atoms with Gasteiger partial charge >= 0.3 is 7.05 Å². The van der Waals surface area contributed by atoms with Crippen LogP contribution in [0, 0.1) is 0 Å². The fraction of sp³-hybridized carbons (Fsp3) is 0.316. The van der Waals surface area contributed by atoms with Crippen molar-refractivity contribution in [1.29, 1.82) is 0 Å². The first-order valence-corrected chi connectivity index (χ1v) is 9.15. The number of halogens is 1. The van der Waals surface area contributed by atoms with Crippen molar-refractivity contribution in [3.8, 4) is 11.4 Å². The number of carbonyl (C=O) groups is 1. The topological polar surface area (TPSA) is 80.0 Å². The SMILES string of the molecule is CB(O)n1c(CNC(C)(C)C(C)=O)cc2c(Cl)nc(-c3ccccc3)nc21. The lowest BCUT2D eigenvalue weighted by Crippen LogP contribution is -2.45. The van der Waals surface area contributed by atoms with Crippen LogP contribution in [0.1, 0.15) is 26.5 Å². The summed E-state index contributed by atoms with van der Waals surface area (Å²) in [7, 11) is -0.811. The van der Waals surface area contributed by atoms with Gasteiger partial charge in [-0.15, -0.1) is 0 Å². The minimum atomic E-state index is -0.811. The van der Waals surface area contributed by atoms with Crippen LogP contribution in [0.4, 0.5) is 0 Å². The van der Waals surface area contributed by atoms with Gasteiger partial charge in [-0.1, -0.05) is 41.9 Å². The predicted octanol–water partition coefficient (Wildman–Crippen LogP) is 3.17. The van der Waals surface area contributed by atoms with Crippen LogP contribution in [0.2, 0.25) is 12.0 Å². The van der Waals surface area contributed by atoms with Crippen molar-refractivity contribution >= 4 is 35.5 Å². The predicted molar refractivity (Wildman–Crippen MR) is 109 cm³/mol. The van der Waals surface area contributed by atoms with Gasteiger partial charge in [-0.05, 0) is 33.7 Å². The molecule has 3 rings (SSSR count). The number of rotatable bonds is 6. The van der Waals surface area contributed by atoms with E-state index in [1.807, 2.05) is 50.2 Å². The van der Waals surface area contributed by atoms with E-state index in [2.05, 4.69) is 15.3 Å². The minimum absolute atomic E-state index is 0.0337. The number of ketones is 1.